The van der Waals surface area contributed by atoms with Gasteiger partial charge in [0.2, 0.25) is 5.88 Å². The van der Waals surface area contributed by atoms with Gasteiger partial charge in [0.1, 0.15) is 11.5 Å². The van der Waals surface area contributed by atoms with Crippen LogP contribution in [-0.4, -0.2) is 21.7 Å². The second-order valence-electron chi connectivity index (χ2n) is 4.22. The first-order chi connectivity index (χ1) is 9.78. The third-order valence-electron chi connectivity index (χ3n) is 2.87. The summed E-state index contributed by atoms with van der Waals surface area (Å²) in [4.78, 5) is 4.35. The van der Waals surface area contributed by atoms with Crippen LogP contribution in [0, 0.1) is 0 Å². The van der Waals surface area contributed by atoms with E-state index in [9.17, 15) is 0 Å². The van der Waals surface area contributed by atoms with Crippen LogP contribution in [0.2, 0.25) is 0 Å². The van der Waals surface area contributed by atoms with Crippen molar-refractivity contribution in [2.45, 2.75) is 6.54 Å². The molecule has 0 amide bonds. The van der Waals surface area contributed by atoms with Gasteiger partial charge in [-0.25, -0.2) is 4.52 Å². The molecule has 0 aliphatic carbocycles. The summed E-state index contributed by atoms with van der Waals surface area (Å²) in [6.07, 6.45) is 3.48. The molecule has 0 saturated heterocycles. The predicted molar refractivity (Wildman–Crippen MR) is 73.9 cm³/mol. The lowest BCUT2D eigenvalue weighted by molar-refractivity contribution is 0.406. The molecule has 3 rings (SSSR count). The smallest absolute Gasteiger partial charge is 0.222 e. The maximum atomic E-state index is 5.75. The average molecular weight is 270 g/mol. The van der Waals surface area contributed by atoms with Crippen LogP contribution in [0.3, 0.4) is 0 Å². The Morgan fingerprint density at radius 1 is 1.20 bits per heavy atom. The van der Waals surface area contributed by atoms with Crippen LogP contribution in [-0.2, 0) is 6.54 Å². The lowest BCUT2D eigenvalue weighted by atomic mass is 10.2. The molecule has 0 spiro atoms. The van der Waals surface area contributed by atoms with E-state index in [1.807, 2.05) is 18.2 Å². The van der Waals surface area contributed by atoms with Crippen LogP contribution in [0.1, 0.15) is 5.56 Å². The molecule has 0 saturated carbocycles. The van der Waals surface area contributed by atoms with Crippen LogP contribution in [0.4, 0.5) is 0 Å². The maximum Gasteiger partial charge on any atom is 0.222 e. The molecule has 0 fully saturated rings. The lowest BCUT2D eigenvalue weighted by Crippen LogP contribution is -1.98. The Balaban J connectivity index is 1.92. The largest absolute Gasteiger partial charge is 0.497 e. The fraction of sp³-hybridized carbons (Fsp3) is 0.143. The molecular formula is C14H14N4O2. The summed E-state index contributed by atoms with van der Waals surface area (Å²) in [5, 5.41) is 4.08. The third kappa shape index (κ3) is 2.41. The number of hydrogen-bond donors (Lipinski definition) is 1. The number of hydrogen-bond acceptors (Lipinski definition) is 5. The fourth-order valence-corrected chi connectivity index (χ4v) is 1.90. The van der Waals surface area contributed by atoms with Crippen molar-refractivity contribution in [3.05, 3.63) is 48.3 Å². The molecule has 0 bridgehead atoms. The zero-order valence-corrected chi connectivity index (χ0v) is 11.0. The van der Waals surface area contributed by atoms with Gasteiger partial charge in [-0.05, 0) is 17.7 Å². The molecule has 0 unspecified atom stereocenters. The van der Waals surface area contributed by atoms with Crippen LogP contribution < -0.4 is 15.2 Å². The molecule has 2 heterocycles. The summed E-state index contributed by atoms with van der Waals surface area (Å²) in [5.74, 6) is 1.84. The Morgan fingerprint density at radius 2 is 2.05 bits per heavy atom. The summed E-state index contributed by atoms with van der Waals surface area (Å²) >= 11 is 0. The van der Waals surface area contributed by atoms with Crippen molar-refractivity contribution in [3.8, 4) is 17.4 Å². The van der Waals surface area contributed by atoms with Gasteiger partial charge in [-0.1, -0.05) is 0 Å². The first kappa shape index (κ1) is 12.4. The van der Waals surface area contributed by atoms with Crippen molar-refractivity contribution in [1.82, 2.24) is 14.6 Å². The van der Waals surface area contributed by atoms with Crippen molar-refractivity contribution in [2.75, 3.05) is 7.11 Å². The second-order valence-corrected chi connectivity index (χ2v) is 4.22. The first-order valence-electron chi connectivity index (χ1n) is 6.15. The van der Waals surface area contributed by atoms with Gasteiger partial charge in [-0.3, -0.25) is 0 Å². The van der Waals surface area contributed by atoms with Gasteiger partial charge in [-0.2, -0.15) is 10.1 Å². The molecule has 3 aromatic rings. The SMILES string of the molecule is COc1cc(CN)cc(Oc2ccn3nccc3n2)c1. The second kappa shape index (κ2) is 5.18. The Kier molecular flexibility index (Phi) is 3.22. The van der Waals surface area contributed by atoms with Gasteiger partial charge in [0.25, 0.3) is 0 Å². The minimum atomic E-state index is 0.419. The zero-order chi connectivity index (χ0) is 13.9. The number of benzene rings is 1. The van der Waals surface area contributed by atoms with Crippen LogP contribution in [0.25, 0.3) is 5.65 Å². The van der Waals surface area contributed by atoms with Crippen molar-refractivity contribution < 1.29 is 9.47 Å². The summed E-state index contributed by atoms with van der Waals surface area (Å²) in [7, 11) is 1.61. The van der Waals surface area contributed by atoms with E-state index in [0.717, 1.165) is 11.2 Å². The third-order valence-corrected chi connectivity index (χ3v) is 2.87. The normalized spacial score (nSPS) is 10.7. The van der Waals surface area contributed by atoms with E-state index in [-0.39, 0.29) is 0 Å². The molecule has 102 valence electrons. The summed E-state index contributed by atoms with van der Waals surface area (Å²) in [5.41, 5.74) is 7.32. The van der Waals surface area contributed by atoms with E-state index >= 15 is 0 Å². The van der Waals surface area contributed by atoms with Gasteiger partial charge in [-0.15, -0.1) is 0 Å². The molecule has 1 aromatic carbocycles. The minimum absolute atomic E-state index is 0.419. The molecule has 6 heteroatoms. The Bertz CT molecular complexity index is 717. The molecule has 0 aliphatic heterocycles. The highest BCUT2D eigenvalue weighted by molar-refractivity contribution is 5.42. The highest BCUT2D eigenvalue weighted by Gasteiger charge is 2.05. The molecular weight excluding hydrogens is 256 g/mol. The van der Waals surface area contributed by atoms with Crippen molar-refractivity contribution in [1.29, 1.82) is 0 Å². The van der Waals surface area contributed by atoms with Gasteiger partial charge in [0, 0.05) is 30.9 Å². The van der Waals surface area contributed by atoms with Gasteiger partial charge >= 0.3 is 0 Å². The van der Waals surface area contributed by atoms with E-state index in [1.54, 1.807) is 36.2 Å². The Morgan fingerprint density at radius 3 is 2.85 bits per heavy atom. The molecule has 0 atom stereocenters. The number of rotatable bonds is 4. The lowest BCUT2D eigenvalue weighted by Gasteiger charge is -2.09. The van der Waals surface area contributed by atoms with E-state index < -0.39 is 0 Å². The molecule has 2 N–H and O–H groups in total. The number of methoxy groups -OCH3 is 1. The molecule has 2 aromatic heterocycles. The van der Waals surface area contributed by atoms with E-state index in [4.69, 9.17) is 15.2 Å². The molecule has 6 nitrogen and oxygen atoms in total. The highest BCUT2D eigenvalue weighted by Crippen LogP contribution is 2.26. The summed E-state index contributed by atoms with van der Waals surface area (Å²) in [6.45, 7) is 0.419. The number of fused-ring (bicyclic) bond motifs is 1. The summed E-state index contributed by atoms with van der Waals surface area (Å²) in [6, 6.07) is 9.10. The fourth-order valence-electron chi connectivity index (χ4n) is 1.90. The minimum Gasteiger partial charge on any atom is -0.497 e. The quantitative estimate of drug-likeness (QED) is 0.784. The van der Waals surface area contributed by atoms with Crippen molar-refractivity contribution in [2.24, 2.45) is 5.73 Å². The predicted octanol–water partition coefficient (Wildman–Crippen LogP) is 1.99. The van der Waals surface area contributed by atoms with Crippen LogP contribution >= 0.6 is 0 Å². The van der Waals surface area contributed by atoms with Crippen LogP contribution in [0.5, 0.6) is 17.4 Å². The van der Waals surface area contributed by atoms with E-state index in [2.05, 4.69) is 10.1 Å². The van der Waals surface area contributed by atoms with E-state index in [1.165, 1.54) is 0 Å². The Hall–Kier alpha value is -2.60. The zero-order valence-electron chi connectivity index (χ0n) is 11.0. The van der Waals surface area contributed by atoms with Gasteiger partial charge < -0.3 is 15.2 Å². The highest BCUT2D eigenvalue weighted by atomic mass is 16.5. The Labute approximate surface area is 115 Å². The summed E-state index contributed by atoms with van der Waals surface area (Å²) < 4.78 is 12.6. The van der Waals surface area contributed by atoms with Gasteiger partial charge in [0.05, 0.1) is 13.3 Å². The van der Waals surface area contributed by atoms with E-state index in [0.29, 0.717) is 23.9 Å². The molecule has 0 radical (unpaired) electrons. The van der Waals surface area contributed by atoms with Crippen LogP contribution in [0.15, 0.2) is 42.7 Å². The van der Waals surface area contributed by atoms with Gasteiger partial charge in [0.15, 0.2) is 5.65 Å². The molecule has 0 aliphatic rings. The topological polar surface area (TPSA) is 74.7 Å². The number of nitrogens with zero attached hydrogens (tertiary/aromatic N) is 3. The number of aromatic nitrogens is 3. The molecule has 20 heavy (non-hydrogen) atoms. The van der Waals surface area contributed by atoms with Crippen molar-refractivity contribution >= 4 is 5.65 Å². The maximum absolute atomic E-state index is 5.75. The number of ether oxygens (including phenoxy) is 2. The van der Waals surface area contributed by atoms with Crippen molar-refractivity contribution in [3.63, 3.8) is 0 Å². The first-order valence-corrected chi connectivity index (χ1v) is 6.15. The monoisotopic (exact) mass is 270 g/mol. The average Bonchev–Trinajstić information content (AvgIpc) is 2.94. The number of nitrogens with two attached hydrogens (primary N) is 1. The standard InChI is InChI=1S/C14H14N4O2/c1-19-11-6-10(9-15)7-12(8-11)20-14-3-5-18-13(17-14)2-4-16-18/h2-8H,9,15H2,1H3.